The number of esters is 2. The van der Waals surface area contributed by atoms with E-state index in [2.05, 4.69) is 19.1 Å². The van der Waals surface area contributed by atoms with E-state index in [1.807, 2.05) is 42.5 Å². The molecule has 0 heterocycles. The molecule has 2 aromatic rings. The predicted molar refractivity (Wildman–Crippen MR) is 125 cm³/mol. The van der Waals surface area contributed by atoms with Gasteiger partial charge in [0.1, 0.15) is 5.75 Å². The molecule has 0 spiro atoms. The zero-order chi connectivity index (χ0) is 22.2. The number of unbranched alkanes of at least 4 members (excludes halogenated alkanes) is 7. The lowest BCUT2D eigenvalue weighted by Gasteiger charge is -2.06. The van der Waals surface area contributed by atoms with E-state index < -0.39 is 0 Å². The Morgan fingerprint density at radius 1 is 0.645 bits per heavy atom. The van der Waals surface area contributed by atoms with Gasteiger partial charge in [-0.2, -0.15) is 0 Å². The second-order valence-electron chi connectivity index (χ2n) is 7.91. The molecule has 2 rings (SSSR count). The minimum atomic E-state index is -0.182. The van der Waals surface area contributed by atoms with Gasteiger partial charge in [-0.3, -0.25) is 9.59 Å². The maximum absolute atomic E-state index is 12.0. The van der Waals surface area contributed by atoms with Crippen LogP contribution in [-0.4, -0.2) is 18.5 Å². The Bertz CT molecular complexity index is 753. The molecule has 4 nitrogen and oxygen atoms in total. The molecule has 0 radical (unpaired) electrons. The molecule has 4 heteroatoms. The molecule has 0 aliphatic rings. The fraction of sp³-hybridized carbons (Fsp3) is 0.481. The molecule has 0 unspecified atom stereocenters. The standard InChI is InChI=1S/C27H36O4/c1-2-3-13-22-30-26(28)16-11-6-4-5-7-12-17-27(29)31-25-20-18-24(19-21-25)23-14-9-8-10-15-23/h8-10,14-15,18-21H,2-7,11-13,16-17,22H2,1H3. The van der Waals surface area contributed by atoms with E-state index in [1.54, 1.807) is 0 Å². The summed E-state index contributed by atoms with van der Waals surface area (Å²) >= 11 is 0. The van der Waals surface area contributed by atoms with Crippen LogP contribution in [-0.2, 0) is 14.3 Å². The number of ether oxygens (including phenoxy) is 2. The first-order valence-electron chi connectivity index (χ1n) is 11.7. The molecule has 0 N–H and O–H groups in total. The van der Waals surface area contributed by atoms with E-state index in [0.717, 1.165) is 68.9 Å². The van der Waals surface area contributed by atoms with Gasteiger partial charge in [0.05, 0.1) is 6.61 Å². The highest BCUT2D eigenvalue weighted by molar-refractivity contribution is 5.73. The normalized spacial score (nSPS) is 10.6. The van der Waals surface area contributed by atoms with Crippen molar-refractivity contribution in [3.05, 3.63) is 54.6 Å². The van der Waals surface area contributed by atoms with Gasteiger partial charge in [0.15, 0.2) is 0 Å². The van der Waals surface area contributed by atoms with Gasteiger partial charge in [-0.1, -0.05) is 87.9 Å². The predicted octanol–water partition coefficient (Wildman–Crippen LogP) is 7.11. The number of rotatable bonds is 15. The molecular formula is C27H36O4. The SMILES string of the molecule is CCCCCOC(=O)CCCCCCCCC(=O)Oc1ccc(-c2ccccc2)cc1. The fourth-order valence-corrected chi connectivity index (χ4v) is 3.38. The van der Waals surface area contributed by atoms with Crippen molar-refractivity contribution in [2.45, 2.75) is 77.6 Å². The van der Waals surface area contributed by atoms with Crippen molar-refractivity contribution >= 4 is 11.9 Å². The molecule has 0 aromatic heterocycles. The van der Waals surface area contributed by atoms with E-state index >= 15 is 0 Å². The monoisotopic (exact) mass is 424 g/mol. The molecule has 168 valence electrons. The molecule has 0 saturated heterocycles. The third-order valence-electron chi connectivity index (χ3n) is 5.22. The van der Waals surface area contributed by atoms with Crippen LogP contribution >= 0.6 is 0 Å². The highest BCUT2D eigenvalue weighted by Crippen LogP contribution is 2.22. The molecule has 0 amide bonds. The molecule has 0 aliphatic carbocycles. The fourth-order valence-electron chi connectivity index (χ4n) is 3.38. The largest absolute Gasteiger partial charge is 0.466 e. The second-order valence-corrected chi connectivity index (χ2v) is 7.91. The Morgan fingerprint density at radius 2 is 1.23 bits per heavy atom. The van der Waals surface area contributed by atoms with Crippen LogP contribution in [0.2, 0.25) is 0 Å². The Morgan fingerprint density at radius 3 is 1.87 bits per heavy atom. The Hall–Kier alpha value is -2.62. The molecule has 0 atom stereocenters. The van der Waals surface area contributed by atoms with Crippen LogP contribution in [0.4, 0.5) is 0 Å². The van der Waals surface area contributed by atoms with Crippen LogP contribution < -0.4 is 4.74 Å². The van der Waals surface area contributed by atoms with E-state index in [0.29, 0.717) is 25.2 Å². The molecule has 31 heavy (non-hydrogen) atoms. The van der Waals surface area contributed by atoms with Gasteiger partial charge in [-0.15, -0.1) is 0 Å². The zero-order valence-corrected chi connectivity index (χ0v) is 18.8. The highest BCUT2D eigenvalue weighted by atomic mass is 16.5. The molecular weight excluding hydrogens is 388 g/mol. The molecule has 0 fully saturated rings. The van der Waals surface area contributed by atoms with Crippen molar-refractivity contribution in [1.29, 1.82) is 0 Å². The van der Waals surface area contributed by atoms with Crippen LogP contribution in [0.1, 0.15) is 77.6 Å². The number of carbonyl (C=O) groups is 2. The summed E-state index contributed by atoms with van der Waals surface area (Å²) in [7, 11) is 0. The summed E-state index contributed by atoms with van der Waals surface area (Å²) in [5, 5.41) is 0. The van der Waals surface area contributed by atoms with Crippen LogP contribution in [0, 0.1) is 0 Å². The highest BCUT2D eigenvalue weighted by Gasteiger charge is 2.06. The van der Waals surface area contributed by atoms with E-state index in [4.69, 9.17) is 9.47 Å². The number of hydrogen-bond acceptors (Lipinski definition) is 4. The summed E-state index contributed by atoms with van der Waals surface area (Å²) in [6.07, 6.45) is 10.1. The van der Waals surface area contributed by atoms with Crippen LogP contribution in [0.25, 0.3) is 11.1 Å². The molecule has 0 aliphatic heterocycles. The first-order chi connectivity index (χ1) is 15.2. The number of benzene rings is 2. The van der Waals surface area contributed by atoms with Gasteiger partial charge in [-0.05, 0) is 42.5 Å². The van der Waals surface area contributed by atoms with E-state index in [9.17, 15) is 9.59 Å². The van der Waals surface area contributed by atoms with Crippen LogP contribution in [0.15, 0.2) is 54.6 Å². The lowest BCUT2D eigenvalue weighted by molar-refractivity contribution is -0.144. The van der Waals surface area contributed by atoms with Crippen LogP contribution in [0.5, 0.6) is 5.75 Å². The van der Waals surface area contributed by atoms with Crippen molar-refractivity contribution in [2.75, 3.05) is 6.61 Å². The summed E-state index contributed by atoms with van der Waals surface area (Å²) in [4.78, 5) is 23.6. The van der Waals surface area contributed by atoms with Gasteiger partial charge in [0, 0.05) is 12.8 Å². The Kier molecular flexibility index (Phi) is 12.1. The van der Waals surface area contributed by atoms with Gasteiger partial charge in [-0.25, -0.2) is 0 Å². The lowest BCUT2D eigenvalue weighted by Crippen LogP contribution is -2.07. The van der Waals surface area contributed by atoms with Gasteiger partial charge < -0.3 is 9.47 Å². The molecule has 2 aromatic carbocycles. The van der Waals surface area contributed by atoms with Crippen LogP contribution in [0.3, 0.4) is 0 Å². The minimum absolute atomic E-state index is 0.0735. The maximum atomic E-state index is 12.0. The average Bonchev–Trinajstić information content (AvgIpc) is 2.79. The van der Waals surface area contributed by atoms with Gasteiger partial charge >= 0.3 is 11.9 Å². The van der Waals surface area contributed by atoms with Gasteiger partial charge in [0.25, 0.3) is 0 Å². The minimum Gasteiger partial charge on any atom is -0.466 e. The third kappa shape index (κ3) is 10.8. The van der Waals surface area contributed by atoms with Crippen molar-refractivity contribution in [1.82, 2.24) is 0 Å². The van der Waals surface area contributed by atoms with Gasteiger partial charge in [0.2, 0.25) is 0 Å². The third-order valence-corrected chi connectivity index (χ3v) is 5.22. The van der Waals surface area contributed by atoms with Crippen molar-refractivity contribution in [2.24, 2.45) is 0 Å². The van der Waals surface area contributed by atoms with E-state index in [1.165, 1.54) is 0 Å². The smallest absolute Gasteiger partial charge is 0.311 e. The lowest BCUT2D eigenvalue weighted by atomic mass is 10.1. The average molecular weight is 425 g/mol. The molecule has 0 saturated carbocycles. The first-order valence-corrected chi connectivity index (χ1v) is 11.7. The number of hydrogen-bond donors (Lipinski definition) is 0. The number of carbonyl (C=O) groups excluding carboxylic acids is 2. The summed E-state index contributed by atoms with van der Waals surface area (Å²) < 4.78 is 10.6. The Balaban J connectivity index is 1.48. The second kappa shape index (κ2) is 15.2. The van der Waals surface area contributed by atoms with Crippen molar-refractivity contribution in [3.8, 4) is 16.9 Å². The summed E-state index contributed by atoms with van der Waals surface area (Å²) in [6, 6.07) is 17.7. The van der Waals surface area contributed by atoms with Crippen molar-refractivity contribution in [3.63, 3.8) is 0 Å². The summed E-state index contributed by atoms with van der Waals surface area (Å²) in [5.74, 6) is 0.334. The zero-order valence-electron chi connectivity index (χ0n) is 18.8. The quantitative estimate of drug-likeness (QED) is 0.174. The molecule has 0 bridgehead atoms. The topological polar surface area (TPSA) is 52.6 Å². The summed E-state index contributed by atoms with van der Waals surface area (Å²) in [6.45, 7) is 2.69. The van der Waals surface area contributed by atoms with Crippen molar-refractivity contribution < 1.29 is 19.1 Å². The summed E-state index contributed by atoms with van der Waals surface area (Å²) in [5.41, 5.74) is 2.24. The maximum Gasteiger partial charge on any atom is 0.311 e. The first kappa shape index (κ1) is 24.6. The Labute approximate surface area is 187 Å². The van der Waals surface area contributed by atoms with E-state index in [-0.39, 0.29) is 11.9 Å².